The molecule has 2 unspecified atom stereocenters. The van der Waals surface area contributed by atoms with E-state index in [1.54, 1.807) is 0 Å². The van der Waals surface area contributed by atoms with Crippen molar-refractivity contribution in [2.45, 2.75) is 38.7 Å². The zero-order chi connectivity index (χ0) is 17.6. The van der Waals surface area contributed by atoms with Gasteiger partial charge in [-0.2, -0.15) is 0 Å². The summed E-state index contributed by atoms with van der Waals surface area (Å²) in [4.78, 5) is 20.6. The minimum atomic E-state index is -4.19. The Morgan fingerprint density at radius 2 is 1.91 bits per heavy atom. The number of phosphoric acid groups is 1. The molecule has 0 aromatic carbocycles. The number of unbranched alkanes of at least 4 members (excludes halogenated alkanes) is 3. The third-order valence-corrected chi connectivity index (χ3v) is 3.94. The Morgan fingerprint density at radius 1 is 1.17 bits per heavy atom. The molecule has 0 spiro atoms. The second-order valence-electron chi connectivity index (χ2n) is 4.62. The Kier molecular flexibility index (Phi) is 14.1. The van der Waals surface area contributed by atoms with E-state index in [0.717, 1.165) is 25.7 Å². The number of alkyl halides is 1. The first-order valence-electron chi connectivity index (χ1n) is 7.45. The van der Waals surface area contributed by atoms with Crippen LogP contribution in [-0.2, 0) is 27.8 Å². The molecule has 1 N–H and O–H groups in total. The highest BCUT2D eigenvalue weighted by molar-refractivity contribution is 9.09. The highest BCUT2D eigenvalue weighted by atomic mass is 79.9. The maximum absolute atomic E-state index is 11.6. The van der Waals surface area contributed by atoms with Crippen LogP contribution in [0.3, 0.4) is 0 Å². The number of hydrogen-bond acceptors (Lipinski definition) is 7. The Balaban J connectivity index is 4.18. The lowest BCUT2D eigenvalue weighted by molar-refractivity contribution is -0.0319. The Morgan fingerprint density at radius 3 is 2.52 bits per heavy atom. The van der Waals surface area contributed by atoms with Crippen LogP contribution < -0.4 is 0 Å². The fraction of sp³-hybridized carbons (Fsp3) is 0.923. The molecule has 0 fully saturated rings. The second-order valence-corrected chi connectivity index (χ2v) is 6.86. The van der Waals surface area contributed by atoms with E-state index < -0.39 is 20.1 Å². The smallest absolute Gasteiger partial charge is 0.438 e. The van der Waals surface area contributed by atoms with Gasteiger partial charge in [-0.25, -0.2) is 9.36 Å². The summed E-state index contributed by atoms with van der Waals surface area (Å²) in [6, 6.07) is 0. The lowest BCUT2D eigenvalue weighted by atomic mass is 10.2. The molecule has 10 heteroatoms. The van der Waals surface area contributed by atoms with Crippen molar-refractivity contribution in [3.63, 3.8) is 0 Å². The number of halogens is 1. The minimum absolute atomic E-state index is 0.0181. The first-order chi connectivity index (χ1) is 10.9. The highest BCUT2D eigenvalue weighted by Crippen LogP contribution is 2.43. The normalized spacial score (nSPS) is 15.0. The van der Waals surface area contributed by atoms with Crippen LogP contribution in [0.2, 0.25) is 0 Å². The van der Waals surface area contributed by atoms with Gasteiger partial charge in [0, 0.05) is 11.9 Å². The van der Waals surface area contributed by atoms with Crippen LogP contribution >= 0.6 is 23.8 Å². The number of rotatable bonds is 14. The summed E-state index contributed by atoms with van der Waals surface area (Å²) in [5.41, 5.74) is 0. The lowest BCUT2D eigenvalue weighted by Crippen LogP contribution is -2.28. The highest BCUT2D eigenvalue weighted by Gasteiger charge is 2.25. The van der Waals surface area contributed by atoms with Crippen LogP contribution in [-0.4, -0.2) is 56.0 Å². The summed E-state index contributed by atoms with van der Waals surface area (Å²) in [7, 11) is -3.02. The van der Waals surface area contributed by atoms with E-state index in [0.29, 0.717) is 11.9 Å². The van der Waals surface area contributed by atoms with Gasteiger partial charge in [0.1, 0.15) is 0 Å². The van der Waals surface area contributed by atoms with E-state index in [1.165, 1.54) is 7.11 Å². The van der Waals surface area contributed by atoms with E-state index >= 15 is 0 Å². The lowest BCUT2D eigenvalue weighted by Gasteiger charge is -2.19. The zero-order valence-corrected chi connectivity index (χ0v) is 16.1. The maximum atomic E-state index is 11.6. The van der Waals surface area contributed by atoms with Crippen LogP contribution in [0, 0.1) is 0 Å². The molecule has 0 saturated carbocycles. The van der Waals surface area contributed by atoms with Gasteiger partial charge in [0.05, 0.1) is 26.9 Å². The molecule has 0 saturated heterocycles. The molecule has 0 radical (unpaired) electrons. The summed E-state index contributed by atoms with van der Waals surface area (Å²) in [5, 5.41) is 0.393. The van der Waals surface area contributed by atoms with Crippen molar-refractivity contribution in [2.75, 3.05) is 38.9 Å². The summed E-state index contributed by atoms with van der Waals surface area (Å²) in [6.45, 7) is 2.35. The van der Waals surface area contributed by atoms with Gasteiger partial charge in [0.2, 0.25) is 0 Å². The molecule has 0 aromatic heterocycles. The summed E-state index contributed by atoms with van der Waals surface area (Å²) in [6.07, 6.45) is 2.44. The maximum Gasteiger partial charge on any atom is 0.508 e. The van der Waals surface area contributed by atoms with Crippen molar-refractivity contribution in [1.82, 2.24) is 0 Å². The largest absolute Gasteiger partial charge is 0.508 e. The number of methoxy groups -OCH3 is 1. The third kappa shape index (κ3) is 13.9. The van der Waals surface area contributed by atoms with Gasteiger partial charge >= 0.3 is 14.0 Å². The monoisotopic (exact) mass is 420 g/mol. The van der Waals surface area contributed by atoms with Gasteiger partial charge in [0.15, 0.2) is 6.10 Å². The van der Waals surface area contributed by atoms with Crippen molar-refractivity contribution in [1.29, 1.82) is 0 Å². The molecular formula is C13H26BrO8P. The Bertz CT molecular complexity index is 355. The second kappa shape index (κ2) is 14.2. The molecule has 0 rings (SSSR count). The summed E-state index contributed by atoms with van der Waals surface area (Å²) < 4.78 is 35.7. The molecule has 0 amide bonds. The summed E-state index contributed by atoms with van der Waals surface area (Å²) >= 11 is 3.07. The fourth-order valence-electron chi connectivity index (χ4n) is 1.51. The molecule has 0 heterocycles. The quantitative estimate of drug-likeness (QED) is 0.198. The average Bonchev–Trinajstić information content (AvgIpc) is 2.53. The zero-order valence-electron chi connectivity index (χ0n) is 13.6. The summed E-state index contributed by atoms with van der Waals surface area (Å²) in [5.74, 6) is 0. The number of carbonyl (C=O) groups is 1. The Hall–Kier alpha value is -0.180. The van der Waals surface area contributed by atoms with Crippen molar-refractivity contribution < 1.29 is 37.5 Å². The van der Waals surface area contributed by atoms with Crippen LogP contribution in [0.15, 0.2) is 0 Å². The molecule has 0 aliphatic carbocycles. The number of ether oxygens (including phenoxy) is 3. The molecule has 0 bridgehead atoms. The standard InChI is InChI=1S/C13H26BrO8P/c1-3-4-5-6-8-19-10-12(22-13(15)18-2)11-21-23(16,17)20-9-7-14/h12H,3-11H2,1-2H3,(H,16,17). The molecule has 138 valence electrons. The molecule has 0 aliphatic rings. The van der Waals surface area contributed by atoms with Gasteiger partial charge in [0.25, 0.3) is 0 Å². The number of hydrogen-bond donors (Lipinski definition) is 1. The van der Waals surface area contributed by atoms with E-state index in [9.17, 15) is 14.3 Å². The van der Waals surface area contributed by atoms with Crippen molar-refractivity contribution in [2.24, 2.45) is 0 Å². The first-order valence-corrected chi connectivity index (χ1v) is 10.1. The van der Waals surface area contributed by atoms with E-state index in [2.05, 4.69) is 32.1 Å². The predicted octanol–water partition coefficient (Wildman–Crippen LogP) is 3.26. The molecule has 0 aromatic rings. The van der Waals surface area contributed by atoms with Crippen LogP contribution in [0.25, 0.3) is 0 Å². The number of phosphoric ester groups is 1. The minimum Gasteiger partial charge on any atom is -0.438 e. The van der Waals surface area contributed by atoms with E-state index in [1.807, 2.05) is 0 Å². The molecule has 2 atom stereocenters. The SMILES string of the molecule is CCCCCCOCC(COP(=O)(O)OCCBr)OC(=O)OC. The topological polar surface area (TPSA) is 101 Å². The third-order valence-electron chi connectivity index (χ3n) is 2.63. The molecular weight excluding hydrogens is 395 g/mol. The van der Waals surface area contributed by atoms with Gasteiger partial charge in [-0.1, -0.05) is 42.1 Å². The van der Waals surface area contributed by atoms with Crippen molar-refractivity contribution in [3.05, 3.63) is 0 Å². The van der Waals surface area contributed by atoms with Crippen LogP contribution in [0.5, 0.6) is 0 Å². The predicted molar refractivity (Wildman–Crippen MR) is 87.8 cm³/mol. The van der Waals surface area contributed by atoms with E-state index in [4.69, 9.17) is 14.0 Å². The van der Waals surface area contributed by atoms with Crippen molar-refractivity contribution >= 4 is 29.9 Å². The molecule has 8 nitrogen and oxygen atoms in total. The first kappa shape index (κ1) is 22.8. The van der Waals surface area contributed by atoms with Gasteiger partial charge in [-0.15, -0.1) is 0 Å². The van der Waals surface area contributed by atoms with Gasteiger partial charge in [-0.05, 0) is 6.42 Å². The molecule has 23 heavy (non-hydrogen) atoms. The average molecular weight is 421 g/mol. The fourth-order valence-corrected chi connectivity index (χ4v) is 2.67. The number of carbonyl (C=O) groups excluding carboxylic acids is 1. The molecule has 0 aliphatic heterocycles. The van der Waals surface area contributed by atoms with Crippen molar-refractivity contribution in [3.8, 4) is 0 Å². The van der Waals surface area contributed by atoms with Crippen LogP contribution in [0.4, 0.5) is 4.79 Å². The Labute approximate surface area is 145 Å². The van der Waals surface area contributed by atoms with Crippen LogP contribution in [0.1, 0.15) is 32.6 Å². The van der Waals surface area contributed by atoms with Gasteiger partial charge in [-0.3, -0.25) is 9.05 Å². The van der Waals surface area contributed by atoms with Gasteiger partial charge < -0.3 is 19.1 Å². The van der Waals surface area contributed by atoms with E-state index in [-0.39, 0.29) is 19.8 Å².